The van der Waals surface area contributed by atoms with Gasteiger partial charge in [0.25, 0.3) is 0 Å². The molecule has 1 fully saturated rings. The lowest BCUT2D eigenvalue weighted by Crippen LogP contribution is -2.49. The van der Waals surface area contributed by atoms with Gasteiger partial charge in [0.2, 0.25) is 0 Å². The summed E-state index contributed by atoms with van der Waals surface area (Å²) in [7, 11) is 0. The number of anilines is 1. The highest BCUT2D eigenvalue weighted by Gasteiger charge is 2.20. The molecule has 0 spiro atoms. The monoisotopic (exact) mass is 266 g/mol. The van der Waals surface area contributed by atoms with E-state index in [9.17, 15) is 0 Å². The van der Waals surface area contributed by atoms with Crippen LogP contribution in [-0.4, -0.2) is 41.9 Å². The van der Waals surface area contributed by atoms with Crippen molar-refractivity contribution in [3.8, 4) is 0 Å². The zero-order valence-corrected chi connectivity index (χ0v) is 11.4. The lowest BCUT2D eigenvalue weighted by atomic mass is 10.1. The van der Waals surface area contributed by atoms with Crippen LogP contribution in [0.25, 0.3) is 0 Å². The van der Waals surface area contributed by atoms with Gasteiger partial charge in [-0.1, -0.05) is 36.4 Å². The zero-order valence-electron chi connectivity index (χ0n) is 11.4. The van der Waals surface area contributed by atoms with Crippen molar-refractivity contribution < 1.29 is 0 Å². The van der Waals surface area contributed by atoms with Crippen molar-refractivity contribution in [1.82, 2.24) is 9.88 Å². The van der Waals surface area contributed by atoms with E-state index in [1.165, 1.54) is 0 Å². The second-order valence-electron chi connectivity index (χ2n) is 4.88. The van der Waals surface area contributed by atoms with E-state index in [4.69, 9.17) is 5.41 Å². The minimum absolute atomic E-state index is 0.617. The fourth-order valence-electron chi connectivity index (χ4n) is 2.48. The Hall–Kier alpha value is -2.36. The summed E-state index contributed by atoms with van der Waals surface area (Å²) in [4.78, 5) is 8.79. The van der Waals surface area contributed by atoms with E-state index in [-0.39, 0.29) is 0 Å². The quantitative estimate of drug-likeness (QED) is 0.669. The molecule has 3 rings (SSSR count). The fourth-order valence-corrected chi connectivity index (χ4v) is 2.48. The van der Waals surface area contributed by atoms with Gasteiger partial charge in [-0.2, -0.15) is 0 Å². The van der Waals surface area contributed by atoms with Crippen LogP contribution in [0.5, 0.6) is 0 Å². The lowest BCUT2D eigenvalue weighted by Gasteiger charge is -2.36. The van der Waals surface area contributed by atoms with E-state index in [0.29, 0.717) is 5.84 Å². The topological polar surface area (TPSA) is 43.2 Å². The molecule has 1 aliphatic heterocycles. The predicted octanol–water partition coefficient (Wildman–Crippen LogP) is 2.23. The van der Waals surface area contributed by atoms with Crippen molar-refractivity contribution in [3.05, 3.63) is 60.3 Å². The molecular formula is C16H18N4. The van der Waals surface area contributed by atoms with E-state index in [1.807, 2.05) is 54.7 Å². The normalized spacial score (nSPS) is 15.2. The van der Waals surface area contributed by atoms with Crippen LogP contribution < -0.4 is 4.90 Å². The predicted molar refractivity (Wildman–Crippen MR) is 81.3 cm³/mol. The van der Waals surface area contributed by atoms with Crippen LogP contribution in [0.3, 0.4) is 0 Å². The molecule has 2 aromatic rings. The molecule has 0 radical (unpaired) electrons. The summed E-state index contributed by atoms with van der Waals surface area (Å²) in [5.74, 6) is 1.64. The Kier molecular flexibility index (Phi) is 3.63. The number of hydrogen-bond donors (Lipinski definition) is 1. The van der Waals surface area contributed by atoms with Crippen molar-refractivity contribution in [2.45, 2.75) is 0 Å². The first-order chi connectivity index (χ1) is 9.84. The molecule has 4 heteroatoms. The van der Waals surface area contributed by atoms with Gasteiger partial charge in [-0.3, -0.25) is 5.41 Å². The summed E-state index contributed by atoms with van der Waals surface area (Å²) in [5.41, 5.74) is 0.985. The van der Waals surface area contributed by atoms with Crippen molar-refractivity contribution in [2.75, 3.05) is 31.1 Å². The Morgan fingerprint density at radius 3 is 2.25 bits per heavy atom. The first kappa shape index (κ1) is 12.7. The Labute approximate surface area is 119 Å². The molecule has 0 bridgehead atoms. The van der Waals surface area contributed by atoms with Gasteiger partial charge in [0.05, 0.1) is 0 Å². The third kappa shape index (κ3) is 2.64. The third-order valence-electron chi connectivity index (χ3n) is 3.62. The molecule has 102 valence electrons. The summed E-state index contributed by atoms with van der Waals surface area (Å²) in [6.45, 7) is 3.55. The largest absolute Gasteiger partial charge is 0.353 e. The number of pyridine rings is 1. The minimum atomic E-state index is 0.617. The van der Waals surface area contributed by atoms with E-state index in [2.05, 4.69) is 14.8 Å². The molecule has 0 unspecified atom stereocenters. The molecule has 1 aliphatic rings. The summed E-state index contributed by atoms with van der Waals surface area (Å²) < 4.78 is 0. The number of hydrogen-bond acceptors (Lipinski definition) is 3. The maximum absolute atomic E-state index is 8.29. The lowest BCUT2D eigenvalue weighted by molar-refractivity contribution is 0.383. The summed E-state index contributed by atoms with van der Waals surface area (Å²) >= 11 is 0. The molecule has 1 N–H and O–H groups in total. The molecule has 0 amide bonds. The molecule has 1 saturated heterocycles. The number of rotatable bonds is 2. The molecule has 0 atom stereocenters. The Morgan fingerprint density at radius 2 is 1.60 bits per heavy atom. The van der Waals surface area contributed by atoms with Crippen LogP contribution in [0.2, 0.25) is 0 Å². The number of nitrogens with zero attached hydrogens (tertiary/aromatic N) is 3. The van der Waals surface area contributed by atoms with Crippen LogP contribution >= 0.6 is 0 Å². The Balaban J connectivity index is 1.63. The molecule has 1 aromatic heterocycles. The van der Waals surface area contributed by atoms with Gasteiger partial charge in [-0.15, -0.1) is 0 Å². The van der Waals surface area contributed by atoms with Crippen LogP contribution in [0.15, 0.2) is 54.7 Å². The van der Waals surface area contributed by atoms with Crippen molar-refractivity contribution in [3.63, 3.8) is 0 Å². The van der Waals surface area contributed by atoms with E-state index in [1.54, 1.807) is 0 Å². The highest BCUT2D eigenvalue weighted by Crippen LogP contribution is 2.14. The van der Waals surface area contributed by atoms with Gasteiger partial charge in [0, 0.05) is 37.9 Å². The molecule has 20 heavy (non-hydrogen) atoms. The molecule has 2 heterocycles. The highest BCUT2D eigenvalue weighted by atomic mass is 15.3. The van der Waals surface area contributed by atoms with Gasteiger partial charge in [0.15, 0.2) is 0 Å². The summed E-state index contributed by atoms with van der Waals surface area (Å²) in [6.07, 6.45) is 1.83. The number of piperazine rings is 1. The third-order valence-corrected chi connectivity index (χ3v) is 3.62. The average molecular weight is 266 g/mol. The van der Waals surface area contributed by atoms with Gasteiger partial charge in [-0.05, 0) is 12.1 Å². The average Bonchev–Trinajstić information content (AvgIpc) is 2.56. The molecule has 0 saturated carbocycles. The molecule has 4 nitrogen and oxygen atoms in total. The van der Waals surface area contributed by atoms with E-state index < -0.39 is 0 Å². The van der Waals surface area contributed by atoms with Crippen LogP contribution in [0.1, 0.15) is 5.56 Å². The van der Waals surface area contributed by atoms with Gasteiger partial charge < -0.3 is 9.80 Å². The SMILES string of the molecule is N=C(c1ccccc1)N1CCN(c2ccccn2)CC1. The fraction of sp³-hybridized carbons (Fsp3) is 0.250. The molecule has 1 aromatic carbocycles. The first-order valence-corrected chi connectivity index (χ1v) is 6.89. The van der Waals surface area contributed by atoms with E-state index in [0.717, 1.165) is 37.6 Å². The Bertz CT molecular complexity index is 560. The zero-order chi connectivity index (χ0) is 13.8. The second-order valence-corrected chi connectivity index (χ2v) is 4.88. The second kappa shape index (κ2) is 5.74. The highest BCUT2D eigenvalue weighted by molar-refractivity contribution is 5.96. The van der Waals surface area contributed by atoms with Crippen molar-refractivity contribution >= 4 is 11.7 Å². The smallest absolute Gasteiger partial charge is 0.128 e. The van der Waals surface area contributed by atoms with Crippen LogP contribution in [0.4, 0.5) is 5.82 Å². The first-order valence-electron chi connectivity index (χ1n) is 6.89. The van der Waals surface area contributed by atoms with Gasteiger partial charge >= 0.3 is 0 Å². The van der Waals surface area contributed by atoms with Crippen molar-refractivity contribution in [2.24, 2.45) is 0 Å². The minimum Gasteiger partial charge on any atom is -0.353 e. The van der Waals surface area contributed by atoms with Gasteiger partial charge in [-0.25, -0.2) is 4.98 Å². The van der Waals surface area contributed by atoms with Gasteiger partial charge in [0.1, 0.15) is 11.7 Å². The molecular weight excluding hydrogens is 248 g/mol. The number of aromatic nitrogens is 1. The van der Waals surface area contributed by atoms with Crippen molar-refractivity contribution in [1.29, 1.82) is 5.41 Å². The maximum atomic E-state index is 8.29. The Morgan fingerprint density at radius 1 is 0.900 bits per heavy atom. The van der Waals surface area contributed by atoms with E-state index >= 15 is 0 Å². The van der Waals surface area contributed by atoms with Crippen LogP contribution in [-0.2, 0) is 0 Å². The number of amidine groups is 1. The number of benzene rings is 1. The summed E-state index contributed by atoms with van der Waals surface area (Å²) in [6, 6.07) is 15.9. The summed E-state index contributed by atoms with van der Waals surface area (Å²) in [5, 5.41) is 8.29. The standard InChI is InChI=1S/C16H18N4/c17-16(14-6-2-1-3-7-14)20-12-10-19(11-13-20)15-8-4-5-9-18-15/h1-9,17H,10-13H2. The molecule has 0 aliphatic carbocycles. The number of nitrogens with one attached hydrogen (secondary N) is 1. The van der Waals surface area contributed by atoms with Crippen LogP contribution in [0, 0.1) is 5.41 Å². The maximum Gasteiger partial charge on any atom is 0.128 e.